The summed E-state index contributed by atoms with van der Waals surface area (Å²) in [6.07, 6.45) is 36.6. The Hall–Kier alpha value is -1.59. The molecule has 0 unspecified atom stereocenters. The molecule has 6 nitrogen and oxygen atoms in total. The van der Waals surface area contributed by atoms with E-state index in [1.165, 1.54) is 135 Å². The van der Waals surface area contributed by atoms with Crippen LogP contribution in [0.1, 0.15) is 247 Å². The smallest absolute Gasteiger partial charge is 0.306 e. The van der Waals surface area contributed by atoms with E-state index in [2.05, 4.69) is 34.6 Å². The topological polar surface area (TPSA) is 78.9 Å². The van der Waals surface area contributed by atoms with Gasteiger partial charge in [0.1, 0.15) is 13.2 Å². The predicted octanol–water partition coefficient (Wildman–Crippen LogP) is 14.2. The Kier molecular flexibility index (Phi) is 37.9. The van der Waals surface area contributed by atoms with Crippen LogP contribution < -0.4 is 0 Å². The molecule has 0 heterocycles. The number of unbranched alkanes of at least 4 members (excludes halogenated alkanes) is 25. The monoisotopic (exact) mass is 737 g/mol. The minimum absolute atomic E-state index is 0.0653. The molecule has 0 radical (unpaired) electrons. The fraction of sp³-hybridized carbons (Fsp3) is 0.935. The van der Waals surface area contributed by atoms with Crippen LogP contribution >= 0.6 is 0 Å². The van der Waals surface area contributed by atoms with E-state index in [0.29, 0.717) is 19.3 Å². The van der Waals surface area contributed by atoms with Gasteiger partial charge in [-0.2, -0.15) is 0 Å². The summed E-state index contributed by atoms with van der Waals surface area (Å²) >= 11 is 0. The quantitative estimate of drug-likeness (QED) is 0.0354. The van der Waals surface area contributed by atoms with Crippen LogP contribution in [0.15, 0.2) is 0 Å². The van der Waals surface area contributed by atoms with Crippen molar-refractivity contribution in [2.75, 3.05) is 13.2 Å². The normalized spacial score (nSPS) is 12.1. The number of esters is 3. The summed E-state index contributed by atoms with van der Waals surface area (Å²) in [5.41, 5.74) is 0. The standard InChI is InChI=1S/C46H88O6/c1-6-7-8-9-10-11-15-21-26-31-36-44(47)50-39-43(52-46(49)38-33-28-23-18-17-20-25-30-35-42(4)5)40-51-45(48)37-32-27-22-16-13-12-14-19-24-29-34-41(2)3/h41-43H,6-40H2,1-5H3/t43-/m0/s1. The van der Waals surface area contributed by atoms with E-state index in [1.807, 2.05) is 0 Å². The first kappa shape index (κ1) is 50.4. The van der Waals surface area contributed by atoms with Crippen LogP contribution in [-0.4, -0.2) is 37.2 Å². The maximum Gasteiger partial charge on any atom is 0.306 e. The van der Waals surface area contributed by atoms with Crippen LogP contribution in [0.4, 0.5) is 0 Å². The molecule has 0 aliphatic heterocycles. The molecule has 52 heavy (non-hydrogen) atoms. The molecule has 0 aromatic heterocycles. The van der Waals surface area contributed by atoms with Crippen molar-refractivity contribution in [3.05, 3.63) is 0 Å². The molecule has 1 atom stereocenters. The van der Waals surface area contributed by atoms with Gasteiger partial charge >= 0.3 is 17.9 Å². The zero-order valence-corrected chi connectivity index (χ0v) is 35.4. The van der Waals surface area contributed by atoms with Gasteiger partial charge in [-0.25, -0.2) is 0 Å². The first-order valence-electron chi connectivity index (χ1n) is 22.7. The minimum Gasteiger partial charge on any atom is -0.462 e. The molecule has 0 saturated heterocycles. The second kappa shape index (κ2) is 39.1. The van der Waals surface area contributed by atoms with Gasteiger partial charge in [0.25, 0.3) is 0 Å². The number of hydrogen-bond acceptors (Lipinski definition) is 6. The summed E-state index contributed by atoms with van der Waals surface area (Å²) in [4.78, 5) is 37.7. The van der Waals surface area contributed by atoms with Crippen molar-refractivity contribution in [1.29, 1.82) is 0 Å². The Morgan fingerprint density at radius 3 is 0.942 bits per heavy atom. The molecule has 0 fully saturated rings. The van der Waals surface area contributed by atoms with Gasteiger partial charge in [-0.15, -0.1) is 0 Å². The van der Waals surface area contributed by atoms with Crippen LogP contribution in [-0.2, 0) is 28.6 Å². The van der Waals surface area contributed by atoms with E-state index in [0.717, 1.165) is 69.6 Å². The molecule has 0 saturated carbocycles. The van der Waals surface area contributed by atoms with E-state index < -0.39 is 6.10 Å². The lowest BCUT2D eigenvalue weighted by atomic mass is 10.0. The first-order valence-corrected chi connectivity index (χ1v) is 22.7. The van der Waals surface area contributed by atoms with Crippen LogP contribution in [0.2, 0.25) is 0 Å². The Balaban J connectivity index is 4.33. The SMILES string of the molecule is CCCCCCCCCCCCC(=O)OC[C@@H](COC(=O)CCCCCCCCCCCCC(C)C)OC(=O)CCCCCCCCCCC(C)C. The van der Waals surface area contributed by atoms with Crippen molar-refractivity contribution < 1.29 is 28.6 Å². The fourth-order valence-corrected chi connectivity index (χ4v) is 6.75. The fourth-order valence-electron chi connectivity index (χ4n) is 6.75. The minimum atomic E-state index is -0.760. The number of rotatable bonds is 40. The summed E-state index contributed by atoms with van der Waals surface area (Å²) in [6, 6.07) is 0. The Bertz CT molecular complexity index is 794. The lowest BCUT2D eigenvalue weighted by Gasteiger charge is -2.18. The molecule has 0 aliphatic rings. The largest absolute Gasteiger partial charge is 0.462 e. The Labute approximate surface area is 323 Å². The third-order valence-electron chi connectivity index (χ3n) is 10.2. The summed E-state index contributed by atoms with van der Waals surface area (Å²) < 4.78 is 16.7. The van der Waals surface area contributed by atoms with Crippen molar-refractivity contribution in [3.8, 4) is 0 Å². The highest BCUT2D eigenvalue weighted by Crippen LogP contribution is 2.16. The first-order chi connectivity index (χ1) is 25.2. The van der Waals surface area contributed by atoms with Crippen molar-refractivity contribution in [1.82, 2.24) is 0 Å². The number of carbonyl (C=O) groups excluding carboxylic acids is 3. The maximum atomic E-state index is 12.7. The molecule has 0 aromatic rings. The average molecular weight is 737 g/mol. The van der Waals surface area contributed by atoms with Gasteiger partial charge in [0.15, 0.2) is 6.10 Å². The van der Waals surface area contributed by atoms with Gasteiger partial charge in [0, 0.05) is 19.3 Å². The predicted molar refractivity (Wildman–Crippen MR) is 220 cm³/mol. The highest BCUT2D eigenvalue weighted by Gasteiger charge is 2.19. The van der Waals surface area contributed by atoms with Crippen molar-refractivity contribution in [2.45, 2.75) is 253 Å². The van der Waals surface area contributed by atoms with Gasteiger partial charge in [0.05, 0.1) is 0 Å². The van der Waals surface area contributed by atoms with Crippen LogP contribution in [0.3, 0.4) is 0 Å². The van der Waals surface area contributed by atoms with E-state index in [9.17, 15) is 14.4 Å². The second-order valence-corrected chi connectivity index (χ2v) is 16.6. The molecule has 0 amide bonds. The molecule has 0 N–H and O–H groups in total. The van der Waals surface area contributed by atoms with Crippen LogP contribution in [0, 0.1) is 11.8 Å². The molecule has 0 bridgehead atoms. The third-order valence-corrected chi connectivity index (χ3v) is 10.2. The number of hydrogen-bond donors (Lipinski definition) is 0. The van der Waals surface area contributed by atoms with Crippen molar-refractivity contribution >= 4 is 17.9 Å². The molecule has 0 aromatic carbocycles. The molecule has 308 valence electrons. The number of carbonyl (C=O) groups is 3. The van der Waals surface area contributed by atoms with E-state index >= 15 is 0 Å². The van der Waals surface area contributed by atoms with Gasteiger partial charge in [-0.05, 0) is 31.1 Å². The van der Waals surface area contributed by atoms with Crippen LogP contribution in [0.25, 0.3) is 0 Å². The second-order valence-electron chi connectivity index (χ2n) is 16.6. The van der Waals surface area contributed by atoms with Gasteiger partial charge in [-0.3, -0.25) is 14.4 Å². The van der Waals surface area contributed by atoms with Gasteiger partial charge < -0.3 is 14.2 Å². The van der Waals surface area contributed by atoms with E-state index in [1.54, 1.807) is 0 Å². The maximum absolute atomic E-state index is 12.7. The van der Waals surface area contributed by atoms with Crippen LogP contribution in [0.5, 0.6) is 0 Å². The highest BCUT2D eigenvalue weighted by atomic mass is 16.6. The third kappa shape index (κ3) is 39.6. The Morgan fingerprint density at radius 2 is 0.635 bits per heavy atom. The lowest BCUT2D eigenvalue weighted by Crippen LogP contribution is -2.30. The molecule has 0 aliphatic carbocycles. The van der Waals surface area contributed by atoms with E-state index in [4.69, 9.17) is 14.2 Å². The summed E-state index contributed by atoms with van der Waals surface area (Å²) in [6.45, 7) is 11.3. The average Bonchev–Trinajstić information content (AvgIpc) is 3.11. The Morgan fingerprint density at radius 1 is 0.365 bits per heavy atom. The van der Waals surface area contributed by atoms with E-state index in [-0.39, 0.29) is 31.1 Å². The lowest BCUT2D eigenvalue weighted by molar-refractivity contribution is -0.167. The molecule has 0 spiro atoms. The number of ether oxygens (including phenoxy) is 3. The molecular formula is C46H88O6. The molecule has 0 rings (SSSR count). The highest BCUT2D eigenvalue weighted by molar-refractivity contribution is 5.71. The van der Waals surface area contributed by atoms with Crippen molar-refractivity contribution in [3.63, 3.8) is 0 Å². The van der Waals surface area contributed by atoms with Gasteiger partial charge in [-0.1, -0.05) is 208 Å². The summed E-state index contributed by atoms with van der Waals surface area (Å²) in [5.74, 6) is 0.751. The van der Waals surface area contributed by atoms with Crippen molar-refractivity contribution in [2.24, 2.45) is 11.8 Å². The van der Waals surface area contributed by atoms with Gasteiger partial charge in [0.2, 0.25) is 0 Å². The summed E-state index contributed by atoms with van der Waals surface area (Å²) in [7, 11) is 0. The molecular weight excluding hydrogens is 648 g/mol. The molecule has 6 heteroatoms. The zero-order valence-electron chi connectivity index (χ0n) is 35.4. The zero-order chi connectivity index (χ0) is 38.3. The summed E-state index contributed by atoms with van der Waals surface area (Å²) in [5, 5.41) is 0.